The molecule has 112 valence electrons. The number of amides is 1. The van der Waals surface area contributed by atoms with Crippen LogP contribution in [0.5, 0.6) is 5.75 Å². The Morgan fingerprint density at radius 1 is 1.45 bits per heavy atom. The molecule has 1 unspecified atom stereocenters. The molecule has 1 aromatic rings. The molecule has 0 bridgehead atoms. The number of benzene rings is 1. The van der Waals surface area contributed by atoms with Gasteiger partial charge in [-0.3, -0.25) is 4.79 Å². The van der Waals surface area contributed by atoms with Crippen LogP contribution < -0.4 is 15.4 Å². The van der Waals surface area contributed by atoms with Crippen molar-refractivity contribution in [3.05, 3.63) is 28.2 Å². The Balaban J connectivity index is 2.64. The van der Waals surface area contributed by atoms with E-state index in [0.29, 0.717) is 25.4 Å². The molecular weight excluding hydrogens is 324 g/mol. The van der Waals surface area contributed by atoms with Crippen molar-refractivity contribution in [2.75, 3.05) is 27.3 Å². The second-order valence-corrected chi connectivity index (χ2v) is 5.24. The van der Waals surface area contributed by atoms with Crippen LogP contribution >= 0.6 is 15.9 Å². The molecule has 1 aromatic carbocycles. The summed E-state index contributed by atoms with van der Waals surface area (Å²) >= 11 is 3.43. The van der Waals surface area contributed by atoms with Gasteiger partial charge in [-0.15, -0.1) is 0 Å². The highest BCUT2D eigenvalue weighted by Crippen LogP contribution is 2.24. The zero-order chi connectivity index (χ0) is 15.0. The van der Waals surface area contributed by atoms with Crippen molar-refractivity contribution in [1.29, 1.82) is 0 Å². The van der Waals surface area contributed by atoms with Gasteiger partial charge in [-0.05, 0) is 32.2 Å². The number of carbonyl (C=O) groups excluding carboxylic acids is 1. The van der Waals surface area contributed by atoms with E-state index in [1.807, 2.05) is 25.2 Å². The van der Waals surface area contributed by atoms with Crippen molar-refractivity contribution in [3.8, 4) is 5.75 Å². The molecule has 0 radical (unpaired) electrons. The zero-order valence-corrected chi connectivity index (χ0v) is 13.6. The Bertz CT molecular complexity index is 440. The van der Waals surface area contributed by atoms with E-state index in [4.69, 9.17) is 9.47 Å². The SMILES string of the molecule is CNCc1cc(Br)ccc1OC(C)C(=O)NCCOC. The highest BCUT2D eigenvalue weighted by atomic mass is 79.9. The Morgan fingerprint density at radius 3 is 2.85 bits per heavy atom. The lowest BCUT2D eigenvalue weighted by Gasteiger charge is -2.17. The normalized spacial score (nSPS) is 12.0. The second-order valence-electron chi connectivity index (χ2n) is 4.33. The van der Waals surface area contributed by atoms with Crippen molar-refractivity contribution in [2.45, 2.75) is 19.6 Å². The summed E-state index contributed by atoms with van der Waals surface area (Å²) in [7, 11) is 3.46. The maximum absolute atomic E-state index is 11.8. The summed E-state index contributed by atoms with van der Waals surface area (Å²) in [5, 5.41) is 5.83. The summed E-state index contributed by atoms with van der Waals surface area (Å²) in [6.07, 6.45) is -0.552. The molecule has 0 heterocycles. The van der Waals surface area contributed by atoms with Gasteiger partial charge in [-0.2, -0.15) is 0 Å². The summed E-state index contributed by atoms with van der Waals surface area (Å²) in [6, 6.07) is 5.72. The average molecular weight is 345 g/mol. The Hall–Kier alpha value is -1.11. The molecule has 0 saturated carbocycles. The van der Waals surface area contributed by atoms with E-state index < -0.39 is 6.10 Å². The molecule has 1 atom stereocenters. The van der Waals surface area contributed by atoms with Crippen molar-refractivity contribution in [2.24, 2.45) is 0 Å². The minimum Gasteiger partial charge on any atom is -0.481 e. The van der Waals surface area contributed by atoms with E-state index in [1.54, 1.807) is 14.0 Å². The first-order chi connectivity index (χ1) is 9.58. The first kappa shape index (κ1) is 16.9. The van der Waals surface area contributed by atoms with E-state index in [-0.39, 0.29) is 5.91 Å². The summed E-state index contributed by atoms with van der Waals surface area (Å²) in [5.41, 5.74) is 0.999. The van der Waals surface area contributed by atoms with Crippen molar-refractivity contribution in [3.63, 3.8) is 0 Å². The molecule has 0 saturated heterocycles. The van der Waals surface area contributed by atoms with Crippen LogP contribution in [-0.4, -0.2) is 39.3 Å². The molecule has 5 nitrogen and oxygen atoms in total. The van der Waals surface area contributed by atoms with E-state index in [1.165, 1.54) is 0 Å². The van der Waals surface area contributed by atoms with Gasteiger partial charge in [0.1, 0.15) is 5.75 Å². The molecule has 0 aliphatic heterocycles. The Labute approximate surface area is 128 Å². The fourth-order valence-electron chi connectivity index (χ4n) is 1.66. The average Bonchev–Trinajstić information content (AvgIpc) is 2.42. The van der Waals surface area contributed by atoms with Crippen LogP contribution in [0.3, 0.4) is 0 Å². The number of methoxy groups -OCH3 is 1. The van der Waals surface area contributed by atoms with Gasteiger partial charge in [-0.1, -0.05) is 15.9 Å². The number of ether oxygens (including phenoxy) is 2. The maximum Gasteiger partial charge on any atom is 0.260 e. The van der Waals surface area contributed by atoms with Gasteiger partial charge in [0, 0.05) is 30.2 Å². The molecule has 1 rings (SSSR count). The van der Waals surface area contributed by atoms with Gasteiger partial charge >= 0.3 is 0 Å². The van der Waals surface area contributed by atoms with E-state index >= 15 is 0 Å². The minimum atomic E-state index is -0.552. The molecule has 1 amide bonds. The number of halogens is 1. The smallest absolute Gasteiger partial charge is 0.260 e. The molecule has 0 aromatic heterocycles. The largest absolute Gasteiger partial charge is 0.481 e. The number of hydrogen-bond donors (Lipinski definition) is 2. The summed E-state index contributed by atoms with van der Waals surface area (Å²) in [4.78, 5) is 11.8. The number of rotatable bonds is 8. The third-order valence-corrected chi connectivity index (χ3v) is 3.16. The van der Waals surface area contributed by atoms with E-state index in [9.17, 15) is 4.79 Å². The number of nitrogens with one attached hydrogen (secondary N) is 2. The van der Waals surface area contributed by atoms with E-state index in [0.717, 1.165) is 10.0 Å². The van der Waals surface area contributed by atoms with Crippen molar-refractivity contribution >= 4 is 21.8 Å². The van der Waals surface area contributed by atoms with Gasteiger partial charge in [0.05, 0.1) is 6.61 Å². The van der Waals surface area contributed by atoms with Crippen molar-refractivity contribution in [1.82, 2.24) is 10.6 Å². The fraction of sp³-hybridized carbons (Fsp3) is 0.500. The van der Waals surface area contributed by atoms with E-state index in [2.05, 4.69) is 26.6 Å². The standard InChI is InChI=1S/C14H21BrN2O3/c1-10(14(18)17-6-7-19-3)20-13-5-4-12(15)8-11(13)9-16-2/h4-5,8,10,16H,6-7,9H2,1-3H3,(H,17,18). The molecule has 0 aliphatic carbocycles. The zero-order valence-electron chi connectivity index (χ0n) is 12.0. The molecule has 0 aliphatic rings. The van der Waals surface area contributed by atoms with Gasteiger partial charge in [0.15, 0.2) is 6.10 Å². The molecule has 0 fully saturated rings. The number of hydrogen-bond acceptors (Lipinski definition) is 4. The second kappa shape index (κ2) is 8.94. The highest BCUT2D eigenvalue weighted by Gasteiger charge is 2.15. The Kier molecular flexibility index (Phi) is 7.58. The van der Waals surface area contributed by atoms with Crippen LogP contribution in [-0.2, 0) is 16.1 Å². The fourth-order valence-corrected chi connectivity index (χ4v) is 2.06. The summed E-state index contributed by atoms with van der Waals surface area (Å²) in [6.45, 7) is 3.37. The predicted octanol–water partition coefficient (Wildman–Crippen LogP) is 1.70. The van der Waals surface area contributed by atoms with Gasteiger partial charge in [-0.25, -0.2) is 0 Å². The van der Waals surface area contributed by atoms with Crippen LogP contribution in [0.25, 0.3) is 0 Å². The van der Waals surface area contributed by atoms with Crippen LogP contribution in [0.4, 0.5) is 0 Å². The molecule has 6 heteroatoms. The van der Waals surface area contributed by atoms with Crippen LogP contribution in [0, 0.1) is 0 Å². The van der Waals surface area contributed by atoms with Gasteiger partial charge in [0.25, 0.3) is 5.91 Å². The summed E-state index contributed by atoms with van der Waals surface area (Å²) < 4.78 is 11.6. The van der Waals surface area contributed by atoms with Gasteiger partial charge in [0.2, 0.25) is 0 Å². The lowest BCUT2D eigenvalue weighted by molar-refractivity contribution is -0.127. The lowest BCUT2D eigenvalue weighted by Crippen LogP contribution is -2.38. The first-order valence-corrected chi connectivity index (χ1v) is 7.24. The van der Waals surface area contributed by atoms with Crippen molar-refractivity contribution < 1.29 is 14.3 Å². The predicted molar refractivity (Wildman–Crippen MR) is 81.9 cm³/mol. The third kappa shape index (κ3) is 5.48. The molecule has 2 N–H and O–H groups in total. The first-order valence-electron chi connectivity index (χ1n) is 6.44. The molecule has 20 heavy (non-hydrogen) atoms. The monoisotopic (exact) mass is 344 g/mol. The Morgan fingerprint density at radius 2 is 2.20 bits per heavy atom. The molecule has 0 spiro atoms. The third-order valence-electron chi connectivity index (χ3n) is 2.67. The van der Waals surface area contributed by atoms with Crippen LogP contribution in [0.1, 0.15) is 12.5 Å². The maximum atomic E-state index is 11.8. The quantitative estimate of drug-likeness (QED) is 0.704. The molecular formula is C14H21BrN2O3. The van der Waals surface area contributed by atoms with Crippen LogP contribution in [0.2, 0.25) is 0 Å². The minimum absolute atomic E-state index is 0.152. The lowest BCUT2D eigenvalue weighted by atomic mass is 10.2. The topological polar surface area (TPSA) is 59.6 Å². The highest BCUT2D eigenvalue weighted by molar-refractivity contribution is 9.10. The van der Waals surface area contributed by atoms with Crippen LogP contribution in [0.15, 0.2) is 22.7 Å². The summed E-state index contributed by atoms with van der Waals surface area (Å²) in [5.74, 6) is 0.553. The van der Waals surface area contributed by atoms with Gasteiger partial charge < -0.3 is 20.1 Å². The number of carbonyl (C=O) groups is 1.